The maximum absolute atomic E-state index is 12.5. The van der Waals surface area contributed by atoms with Gasteiger partial charge in [0.1, 0.15) is 16.4 Å². The van der Waals surface area contributed by atoms with Gasteiger partial charge in [-0.05, 0) is 38.6 Å². The number of nitrogens with one attached hydrogen (secondary N) is 1. The Hall–Kier alpha value is -2.08. The minimum atomic E-state index is -0.458. The van der Waals surface area contributed by atoms with Crippen LogP contribution in [-0.4, -0.2) is 19.0 Å². The van der Waals surface area contributed by atoms with Crippen LogP contribution in [-0.2, 0) is 4.74 Å². The normalized spacial score (nSPS) is 10.5. The van der Waals surface area contributed by atoms with Gasteiger partial charge in [-0.15, -0.1) is 11.3 Å². The Kier molecular flexibility index (Phi) is 4.18. The molecule has 112 valence electrons. The molecule has 0 fully saturated rings. The number of rotatable bonds is 3. The number of amides is 1. The molecule has 2 heterocycles. The summed E-state index contributed by atoms with van der Waals surface area (Å²) < 4.78 is 10.2. The summed E-state index contributed by atoms with van der Waals surface area (Å²) in [5.41, 5.74) is 2.63. The smallest absolute Gasteiger partial charge is 0.350 e. The number of methoxy groups -OCH3 is 1. The topological polar surface area (TPSA) is 68.5 Å². The summed E-state index contributed by atoms with van der Waals surface area (Å²) in [6.45, 7) is 7.23. The molecule has 0 spiro atoms. The average molecular weight is 307 g/mol. The third-order valence-corrected chi connectivity index (χ3v) is 4.45. The van der Waals surface area contributed by atoms with Gasteiger partial charge in [0, 0.05) is 5.56 Å². The highest BCUT2D eigenvalue weighted by Gasteiger charge is 2.23. The molecule has 0 saturated carbocycles. The lowest BCUT2D eigenvalue weighted by atomic mass is 10.1. The van der Waals surface area contributed by atoms with E-state index in [2.05, 4.69) is 5.32 Å². The number of furan rings is 1. The fourth-order valence-electron chi connectivity index (χ4n) is 2.15. The van der Waals surface area contributed by atoms with Crippen molar-refractivity contribution in [3.05, 3.63) is 38.5 Å². The third-order valence-electron chi connectivity index (χ3n) is 3.37. The quantitative estimate of drug-likeness (QED) is 0.879. The van der Waals surface area contributed by atoms with E-state index >= 15 is 0 Å². The van der Waals surface area contributed by atoms with Gasteiger partial charge in [0.2, 0.25) is 0 Å². The molecule has 1 amide bonds. The lowest BCUT2D eigenvalue weighted by Crippen LogP contribution is -2.16. The van der Waals surface area contributed by atoms with Gasteiger partial charge in [0.25, 0.3) is 5.91 Å². The summed E-state index contributed by atoms with van der Waals surface area (Å²) in [4.78, 5) is 24.6. The molecule has 0 atom stereocenters. The van der Waals surface area contributed by atoms with Gasteiger partial charge in [-0.25, -0.2) is 4.79 Å². The first-order valence-electron chi connectivity index (χ1n) is 6.41. The van der Waals surface area contributed by atoms with Crippen LogP contribution in [0.15, 0.2) is 9.80 Å². The Morgan fingerprint density at radius 3 is 2.38 bits per heavy atom. The van der Waals surface area contributed by atoms with Crippen LogP contribution in [0.4, 0.5) is 5.69 Å². The number of hydrogen-bond acceptors (Lipinski definition) is 5. The van der Waals surface area contributed by atoms with Crippen molar-refractivity contribution in [2.24, 2.45) is 0 Å². The summed E-state index contributed by atoms with van der Waals surface area (Å²) in [5, 5.41) is 4.60. The van der Waals surface area contributed by atoms with E-state index in [1.54, 1.807) is 6.92 Å². The van der Waals surface area contributed by atoms with Gasteiger partial charge in [-0.2, -0.15) is 0 Å². The molecule has 2 aromatic heterocycles. The molecule has 0 saturated heterocycles. The summed E-state index contributed by atoms with van der Waals surface area (Å²) in [7, 11) is 1.32. The van der Waals surface area contributed by atoms with Crippen LogP contribution in [0.2, 0.25) is 0 Å². The molecule has 0 radical (unpaired) electrons. The molecule has 2 aromatic rings. The second kappa shape index (κ2) is 5.73. The minimum Gasteiger partial charge on any atom is -0.466 e. The molecule has 0 aromatic carbocycles. The van der Waals surface area contributed by atoms with Gasteiger partial charge >= 0.3 is 5.97 Å². The molecule has 0 aliphatic heterocycles. The average Bonchev–Trinajstić information content (AvgIpc) is 2.90. The van der Waals surface area contributed by atoms with Crippen LogP contribution in [0.1, 0.15) is 42.7 Å². The van der Waals surface area contributed by atoms with E-state index in [4.69, 9.17) is 9.15 Å². The van der Waals surface area contributed by atoms with Crippen molar-refractivity contribution in [3.8, 4) is 0 Å². The van der Waals surface area contributed by atoms with Crippen molar-refractivity contribution in [1.29, 1.82) is 0 Å². The van der Waals surface area contributed by atoms with Gasteiger partial charge in [0.15, 0.2) is 0 Å². The Labute approximate surface area is 126 Å². The summed E-state index contributed by atoms with van der Waals surface area (Å²) >= 11 is 1.25. The highest BCUT2D eigenvalue weighted by molar-refractivity contribution is 7.12. The number of esters is 1. The van der Waals surface area contributed by atoms with Gasteiger partial charge in [-0.3, -0.25) is 4.79 Å². The van der Waals surface area contributed by atoms with Crippen molar-refractivity contribution < 1.29 is 18.7 Å². The maximum atomic E-state index is 12.5. The second-order valence-corrected chi connectivity index (χ2v) is 5.66. The number of carbonyl (C=O) groups excluding carboxylic acids is 2. The molecular formula is C15H17NO4S. The van der Waals surface area contributed by atoms with E-state index in [1.165, 1.54) is 18.4 Å². The van der Waals surface area contributed by atoms with E-state index in [-0.39, 0.29) is 5.91 Å². The van der Waals surface area contributed by atoms with Gasteiger partial charge < -0.3 is 14.5 Å². The van der Waals surface area contributed by atoms with Crippen LogP contribution >= 0.6 is 11.3 Å². The van der Waals surface area contributed by atoms with E-state index in [0.717, 1.165) is 11.1 Å². The standard InChI is InChI=1S/C15H17NO4S/c1-7-6-21-13(15(18)19-5)12(7)16-14(17)11-8(2)9(3)20-10(11)4/h6H,1-5H3,(H,16,17). The Balaban J connectivity index is 2.36. The number of ether oxygens (including phenoxy) is 1. The zero-order valence-electron chi connectivity index (χ0n) is 12.6. The Morgan fingerprint density at radius 1 is 1.19 bits per heavy atom. The van der Waals surface area contributed by atoms with Gasteiger partial charge in [0.05, 0.1) is 18.4 Å². The first-order chi connectivity index (χ1) is 9.86. The van der Waals surface area contributed by atoms with E-state index < -0.39 is 5.97 Å². The van der Waals surface area contributed by atoms with E-state index in [0.29, 0.717) is 27.6 Å². The molecule has 6 heteroatoms. The van der Waals surface area contributed by atoms with Crippen molar-refractivity contribution >= 4 is 28.9 Å². The van der Waals surface area contributed by atoms with Crippen LogP contribution in [0.3, 0.4) is 0 Å². The molecule has 5 nitrogen and oxygen atoms in total. The molecule has 0 aliphatic carbocycles. The minimum absolute atomic E-state index is 0.284. The van der Waals surface area contributed by atoms with Crippen molar-refractivity contribution in [3.63, 3.8) is 0 Å². The van der Waals surface area contributed by atoms with Crippen LogP contribution < -0.4 is 5.32 Å². The molecule has 1 N–H and O–H groups in total. The largest absolute Gasteiger partial charge is 0.466 e. The lowest BCUT2D eigenvalue weighted by molar-refractivity contribution is 0.0607. The molecule has 2 rings (SSSR count). The second-order valence-electron chi connectivity index (χ2n) is 4.78. The Morgan fingerprint density at radius 2 is 1.86 bits per heavy atom. The first-order valence-corrected chi connectivity index (χ1v) is 7.29. The SMILES string of the molecule is COC(=O)c1scc(C)c1NC(=O)c1c(C)oc(C)c1C. The summed E-state index contributed by atoms with van der Waals surface area (Å²) in [5.74, 6) is 0.539. The number of anilines is 1. The van der Waals surface area contributed by atoms with E-state index in [9.17, 15) is 9.59 Å². The van der Waals surface area contributed by atoms with Crippen molar-refractivity contribution in [2.45, 2.75) is 27.7 Å². The molecule has 21 heavy (non-hydrogen) atoms. The zero-order chi connectivity index (χ0) is 15.7. The molecule has 0 bridgehead atoms. The highest BCUT2D eigenvalue weighted by Crippen LogP contribution is 2.30. The van der Waals surface area contributed by atoms with Crippen LogP contribution in [0, 0.1) is 27.7 Å². The maximum Gasteiger partial charge on any atom is 0.350 e. The first kappa shape index (κ1) is 15.3. The number of hydrogen-bond donors (Lipinski definition) is 1. The number of carbonyl (C=O) groups is 2. The Bertz CT molecular complexity index is 712. The summed E-state index contributed by atoms with van der Waals surface area (Å²) in [6, 6.07) is 0. The lowest BCUT2D eigenvalue weighted by Gasteiger charge is -2.07. The molecular weight excluding hydrogens is 290 g/mol. The van der Waals surface area contributed by atoms with Gasteiger partial charge in [-0.1, -0.05) is 0 Å². The molecule has 0 aliphatic rings. The van der Waals surface area contributed by atoms with E-state index in [1.807, 2.05) is 26.2 Å². The zero-order valence-corrected chi connectivity index (χ0v) is 13.4. The fourth-order valence-corrected chi connectivity index (χ4v) is 3.07. The number of thiophene rings is 1. The molecule has 0 unspecified atom stereocenters. The monoisotopic (exact) mass is 307 g/mol. The highest BCUT2D eigenvalue weighted by atomic mass is 32.1. The summed E-state index contributed by atoms with van der Waals surface area (Å²) in [6.07, 6.45) is 0. The van der Waals surface area contributed by atoms with Crippen LogP contribution in [0.25, 0.3) is 0 Å². The fraction of sp³-hybridized carbons (Fsp3) is 0.333. The number of aryl methyl sites for hydroxylation is 3. The predicted octanol–water partition coefficient (Wildman–Crippen LogP) is 3.61. The third kappa shape index (κ3) is 2.71. The van der Waals surface area contributed by atoms with Crippen LogP contribution in [0.5, 0.6) is 0 Å². The van der Waals surface area contributed by atoms with Crippen molar-refractivity contribution in [2.75, 3.05) is 12.4 Å². The predicted molar refractivity (Wildman–Crippen MR) is 81.3 cm³/mol. The van der Waals surface area contributed by atoms with Crippen molar-refractivity contribution in [1.82, 2.24) is 0 Å².